The van der Waals surface area contributed by atoms with Gasteiger partial charge in [0.2, 0.25) is 10.0 Å². The number of nitrogens with two attached hydrogens (primary N) is 1. The minimum absolute atomic E-state index is 0.119. The average Bonchev–Trinajstić information content (AvgIpc) is 2.84. The molecule has 0 aliphatic rings. The van der Waals surface area contributed by atoms with E-state index in [1.54, 1.807) is 11.4 Å². The fourth-order valence-electron chi connectivity index (χ4n) is 1.85. The molecular formula is C12H23N3O2S2. The highest BCUT2D eigenvalue weighted by Crippen LogP contribution is 2.18. The number of nitrogens with zero attached hydrogens (tertiary/aromatic N) is 1. The molecule has 1 rings (SSSR count). The van der Waals surface area contributed by atoms with Crippen molar-refractivity contribution in [3.05, 3.63) is 16.3 Å². The molecule has 3 N–H and O–H groups in total. The molecule has 5 nitrogen and oxygen atoms in total. The quantitative estimate of drug-likeness (QED) is 0.757. The molecule has 0 bridgehead atoms. The van der Waals surface area contributed by atoms with Crippen LogP contribution in [0.2, 0.25) is 0 Å². The van der Waals surface area contributed by atoms with E-state index >= 15 is 0 Å². The van der Waals surface area contributed by atoms with Gasteiger partial charge in [-0.2, -0.15) is 0 Å². The summed E-state index contributed by atoms with van der Waals surface area (Å²) in [6.07, 6.45) is 0. The van der Waals surface area contributed by atoms with Crippen molar-refractivity contribution >= 4 is 21.4 Å². The number of thiophene rings is 1. The first-order valence-electron chi connectivity index (χ1n) is 6.45. The zero-order valence-corrected chi connectivity index (χ0v) is 13.4. The van der Waals surface area contributed by atoms with Crippen LogP contribution in [0.3, 0.4) is 0 Å². The molecule has 0 saturated heterocycles. The molecular weight excluding hydrogens is 282 g/mol. The van der Waals surface area contributed by atoms with Crippen molar-refractivity contribution in [3.8, 4) is 0 Å². The van der Waals surface area contributed by atoms with Crippen LogP contribution in [-0.4, -0.2) is 39.0 Å². The molecule has 19 heavy (non-hydrogen) atoms. The zero-order valence-electron chi connectivity index (χ0n) is 11.7. The molecule has 7 heteroatoms. The van der Waals surface area contributed by atoms with Crippen LogP contribution in [0.25, 0.3) is 0 Å². The second kappa shape index (κ2) is 7.35. The van der Waals surface area contributed by atoms with E-state index in [1.165, 1.54) is 11.3 Å². The first kappa shape index (κ1) is 16.6. The summed E-state index contributed by atoms with van der Waals surface area (Å²) in [6.45, 7) is 8.92. The third-order valence-corrected chi connectivity index (χ3v) is 5.60. The average molecular weight is 305 g/mol. The predicted octanol–water partition coefficient (Wildman–Crippen LogP) is 1.22. The van der Waals surface area contributed by atoms with Gasteiger partial charge in [-0.05, 0) is 26.1 Å². The topological polar surface area (TPSA) is 75.4 Å². The largest absolute Gasteiger partial charge is 0.326 e. The van der Waals surface area contributed by atoms with E-state index in [0.29, 0.717) is 18.0 Å². The Morgan fingerprint density at radius 2 is 2.05 bits per heavy atom. The van der Waals surface area contributed by atoms with Crippen LogP contribution in [0.4, 0.5) is 0 Å². The summed E-state index contributed by atoms with van der Waals surface area (Å²) in [7, 11) is -3.43. The minimum Gasteiger partial charge on any atom is -0.326 e. The van der Waals surface area contributed by atoms with Crippen molar-refractivity contribution in [2.24, 2.45) is 5.73 Å². The Hall–Kier alpha value is -0.470. The smallest absolute Gasteiger partial charge is 0.241 e. The molecule has 0 amide bonds. The number of nitrogens with one attached hydrogen (secondary N) is 1. The summed E-state index contributed by atoms with van der Waals surface area (Å²) in [6, 6.07) is 1.52. The van der Waals surface area contributed by atoms with Crippen LogP contribution < -0.4 is 10.5 Å². The van der Waals surface area contributed by atoms with Crippen LogP contribution in [0.1, 0.15) is 25.6 Å². The maximum Gasteiger partial charge on any atom is 0.241 e. The molecule has 1 aromatic rings. The van der Waals surface area contributed by atoms with Crippen molar-refractivity contribution in [2.45, 2.75) is 38.3 Å². The predicted molar refractivity (Wildman–Crippen MR) is 79.8 cm³/mol. The molecule has 1 unspecified atom stereocenters. The highest BCUT2D eigenvalue weighted by molar-refractivity contribution is 7.89. The lowest BCUT2D eigenvalue weighted by atomic mass is 10.3. The molecule has 0 radical (unpaired) electrons. The van der Waals surface area contributed by atoms with Gasteiger partial charge in [0.15, 0.2) is 0 Å². The maximum absolute atomic E-state index is 12.2. The monoisotopic (exact) mass is 305 g/mol. The number of rotatable bonds is 8. The Morgan fingerprint density at radius 3 is 2.53 bits per heavy atom. The molecule has 0 aliphatic carbocycles. The fraction of sp³-hybridized carbons (Fsp3) is 0.667. The van der Waals surface area contributed by atoms with E-state index in [-0.39, 0.29) is 6.04 Å². The van der Waals surface area contributed by atoms with Crippen LogP contribution in [0.15, 0.2) is 16.3 Å². The van der Waals surface area contributed by atoms with Gasteiger partial charge in [-0.1, -0.05) is 13.8 Å². The van der Waals surface area contributed by atoms with Gasteiger partial charge in [0.1, 0.15) is 0 Å². The van der Waals surface area contributed by atoms with Crippen molar-refractivity contribution < 1.29 is 8.42 Å². The molecule has 0 aromatic carbocycles. The minimum atomic E-state index is -3.43. The van der Waals surface area contributed by atoms with Crippen LogP contribution in [0, 0.1) is 0 Å². The van der Waals surface area contributed by atoms with Gasteiger partial charge in [0, 0.05) is 29.4 Å². The second-order valence-electron chi connectivity index (χ2n) is 4.46. The van der Waals surface area contributed by atoms with Gasteiger partial charge in [-0.15, -0.1) is 11.3 Å². The highest BCUT2D eigenvalue weighted by atomic mass is 32.2. The van der Waals surface area contributed by atoms with Gasteiger partial charge < -0.3 is 10.6 Å². The number of sulfonamides is 1. The van der Waals surface area contributed by atoms with Crippen LogP contribution in [0.5, 0.6) is 0 Å². The molecule has 110 valence electrons. The summed E-state index contributed by atoms with van der Waals surface area (Å²) in [4.78, 5) is 3.37. The summed E-state index contributed by atoms with van der Waals surface area (Å²) in [5, 5.41) is 1.63. The Balaban J connectivity index is 2.68. The molecule has 0 spiro atoms. The molecule has 1 aromatic heterocycles. The Labute approximate surface area is 119 Å². The summed E-state index contributed by atoms with van der Waals surface area (Å²) in [5.41, 5.74) is 5.50. The lowest BCUT2D eigenvalue weighted by Gasteiger charge is -2.23. The van der Waals surface area contributed by atoms with E-state index in [0.717, 1.165) is 18.0 Å². The summed E-state index contributed by atoms with van der Waals surface area (Å²) >= 11 is 1.37. The Kier molecular flexibility index (Phi) is 6.41. The van der Waals surface area contributed by atoms with Gasteiger partial charge >= 0.3 is 0 Å². The number of hydrogen-bond donors (Lipinski definition) is 2. The molecule has 0 saturated carbocycles. The van der Waals surface area contributed by atoms with E-state index < -0.39 is 10.0 Å². The third-order valence-electron chi connectivity index (χ3n) is 2.92. The first-order chi connectivity index (χ1) is 8.92. The van der Waals surface area contributed by atoms with Gasteiger partial charge in [0.25, 0.3) is 0 Å². The SMILES string of the molecule is CCN(CC)CC(C)NS(=O)(=O)c1csc(CN)c1. The fourth-order valence-corrected chi connectivity index (χ4v) is 4.24. The normalized spacial score (nSPS) is 13.9. The number of likely N-dealkylation sites (N-methyl/N-ethyl adjacent to an activating group) is 1. The highest BCUT2D eigenvalue weighted by Gasteiger charge is 2.19. The molecule has 0 aliphatic heterocycles. The van der Waals surface area contributed by atoms with Crippen molar-refractivity contribution in [1.29, 1.82) is 0 Å². The van der Waals surface area contributed by atoms with Crippen molar-refractivity contribution in [2.75, 3.05) is 19.6 Å². The van der Waals surface area contributed by atoms with E-state index in [2.05, 4.69) is 23.5 Å². The standard InChI is InChI=1S/C12H23N3O2S2/c1-4-15(5-2)8-10(3)14-19(16,17)12-6-11(7-13)18-9-12/h6,9-10,14H,4-5,7-8,13H2,1-3H3. The van der Waals surface area contributed by atoms with Crippen molar-refractivity contribution in [1.82, 2.24) is 9.62 Å². The van der Waals surface area contributed by atoms with Crippen molar-refractivity contribution in [3.63, 3.8) is 0 Å². The Morgan fingerprint density at radius 1 is 1.42 bits per heavy atom. The second-order valence-corrected chi connectivity index (χ2v) is 7.17. The van der Waals surface area contributed by atoms with Gasteiger partial charge in [-0.3, -0.25) is 0 Å². The third kappa shape index (κ3) is 4.85. The Bertz CT molecular complexity index is 481. The van der Waals surface area contributed by atoms with E-state index in [9.17, 15) is 8.42 Å². The van der Waals surface area contributed by atoms with E-state index in [4.69, 9.17) is 5.73 Å². The van der Waals surface area contributed by atoms with Crippen LogP contribution >= 0.6 is 11.3 Å². The summed E-state index contributed by atoms with van der Waals surface area (Å²) in [5.74, 6) is 0. The first-order valence-corrected chi connectivity index (χ1v) is 8.81. The van der Waals surface area contributed by atoms with E-state index in [1.807, 2.05) is 6.92 Å². The van der Waals surface area contributed by atoms with Gasteiger partial charge in [0.05, 0.1) is 4.90 Å². The molecule has 0 fully saturated rings. The van der Waals surface area contributed by atoms with Crippen LogP contribution in [-0.2, 0) is 16.6 Å². The molecule has 1 heterocycles. The zero-order chi connectivity index (χ0) is 14.5. The number of hydrogen-bond acceptors (Lipinski definition) is 5. The van der Waals surface area contributed by atoms with Gasteiger partial charge in [-0.25, -0.2) is 13.1 Å². The summed E-state index contributed by atoms with van der Waals surface area (Å²) < 4.78 is 27.0. The molecule has 1 atom stereocenters. The lowest BCUT2D eigenvalue weighted by molar-refractivity contribution is 0.282. The maximum atomic E-state index is 12.2. The lowest BCUT2D eigenvalue weighted by Crippen LogP contribution is -2.41.